The van der Waals surface area contributed by atoms with Crippen LogP contribution in [0, 0.1) is 12.8 Å². The van der Waals surface area contributed by atoms with Crippen LogP contribution in [-0.4, -0.2) is 22.7 Å². The Morgan fingerprint density at radius 2 is 2.19 bits per heavy atom. The summed E-state index contributed by atoms with van der Waals surface area (Å²) < 4.78 is 1.86. The van der Waals surface area contributed by atoms with Crippen LogP contribution in [0.3, 0.4) is 0 Å². The second-order valence-corrected chi connectivity index (χ2v) is 3.33. The maximum absolute atomic E-state index is 10.9. The fourth-order valence-corrected chi connectivity index (χ4v) is 1.38. The van der Waals surface area contributed by atoms with Gasteiger partial charge in [-0.05, 0) is 13.3 Å². The molecular weight excluding hydrogens is 227 g/mol. The number of rotatable bonds is 3. The van der Waals surface area contributed by atoms with E-state index in [1.165, 1.54) is 0 Å². The summed E-state index contributed by atoms with van der Waals surface area (Å²) in [5.41, 5.74) is 0. The van der Waals surface area contributed by atoms with Crippen LogP contribution >= 0.6 is 0 Å². The zero-order chi connectivity index (χ0) is 11.8. The second-order valence-electron chi connectivity index (χ2n) is 3.33. The summed E-state index contributed by atoms with van der Waals surface area (Å²) in [6.45, 7) is 5.68. The number of terminal acetylenes is 1. The molecule has 0 aliphatic carbocycles. The van der Waals surface area contributed by atoms with Gasteiger partial charge in [-0.3, -0.25) is 0 Å². The van der Waals surface area contributed by atoms with Crippen molar-refractivity contribution in [2.24, 2.45) is 4.99 Å². The molecule has 82 valence electrons. The van der Waals surface area contributed by atoms with E-state index in [1.807, 2.05) is 17.7 Å². The van der Waals surface area contributed by atoms with Crippen LogP contribution in [0.1, 0.15) is 33.6 Å². The van der Waals surface area contributed by atoms with Gasteiger partial charge in [-0.1, -0.05) is 24.6 Å². The van der Waals surface area contributed by atoms with Crippen LogP contribution in [0.5, 0.6) is 0 Å². The molecule has 4 heteroatoms. The first-order valence-electron chi connectivity index (χ1n) is 5.02. The molecule has 1 unspecified atom stereocenters. The monoisotopic (exact) mass is 245 g/mol. The molecule has 0 spiro atoms. The fraction of sp³-hybridized carbons (Fsp3) is 0.500. The first kappa shape index (κ1) is 18.4. The first-order chi connectivity index (χ1) is 7.13. The number of hydrogen-bond donors (Lipinski definition) is 0. The van der Waals surface area contributed by atoms with Gasteiger partial charge in [0.15, 0.2) is 6.04 Å². The maximum atomic E-state index is 10.9. The third kappa shape index (κ3) is 6.61. The van der Waals surface area contributed by atoms with Crippen molar-refractivity contribution >= 4 is 12.1 Å². The van der Waals surface area contributed by atoms with E-state index < -0.39 is 0 Å². The average molecular weight is 245 g/mol. The van der Waals surface area contributed by atoms with Crippen LogP contribution in [-0.2, 0) is 0 Å². The molecule has 0 fully saturated rings. The van der Waals surface area contributed by atoms with E-state index >= 15 is 0 Å². The molecule has 3 nitrogen and oxygen atoms in total. The number of nitrogens with zero attached hydrogens (tertiary/aromatic N) is 2. The van der Waals surface area contributed by atoms with Gasteiger partial charge in [-0.15, -0.1) is 12.8 Å². The topological polar surface area (TPSA) is 38.4 Å². The smallest absolute Gasteiger partial charge is 0.873 e. The molecule has 0 radical (unpaired) electrons. The summed E-state index contributed by atoms with van der Waals surface area (Å²) in [6.07, 6.45) is 13.6. The van der Waals surface area contributed by atoms with Crippen molar-refractivity contribution in [1.29, 1.82) is 0 Å². The van der Waals surface area contributed by atoms with E-state index in [4.69, 9.17) is 0 Å². The quantitative estimate of drug-likeness (QED) is 0.249. The normalized spacial score (nSPS) is 18.8. The molecule has 0 N–H and O–H groups in total. The standard InChI is InChI=1S/C10H16N2O.C2H2.K/c1-4-5-10-11-8(2)6-12(10)7-9(3)13;1-2;/h6-8H,4-5H2,1-3H3;1-2H;/q;;+1/b9-7+;;. The number of hydrogen-bond acceptors (Lipinski definition) is 2. The molecule has 0 saturated heterocycles. The Balaban J connectivity index is 0. The van der Waals surface area contributed by atoms with Gasteiger partial charge in [0.2, 0.25) is 0 Å². The molecule has 0 aromatic rings. The summed E-state index contributed by atoms with van der Waals surface area (Å²) in [7, 11) is 0. The van der Waals surface area contributed by atoms with Crippen molar-refractivity contribution in [1.82, 2.24) is 0 Å². The second kappa shape index (κ2) is 10.2. The molecule has 1 aliphatic heterocycles. The van der Waals surface area contributed by atoms with E-state index in [9.17, 15) is 5.11 Å². The summed E-state index contributed by atoms with van der Waals surface area (Å²) in [5.74, 6) is 1.07. The Morgan fingerprint density at radius 3 is 2.62 bits per heavy atom. The van der Waals surface area contributed by atoms with E-state index in [0.717, 1.165) is 18.7 Å². The van der Waals surface area contributed by atoms with Crippen molar-refractivity contribution in [3.63, 3.8) is 0 Å². The van der Waals surface area contributed by atoms with Crippen LogP contribution < -0.4 is 56.5 Å². The Labute approximate surface area is 141 Å². The van der Waals surface area contributed by atoms with E-state index in [1.54, 1.807) is 13.1 Å². The average Bonchev–Trinajstić information content (AvgIpc) is 2.49. The summed E-state index contributed by atoms with van der Waals surface area (Å²) >= 11 is 0. The molecule has 1 heterocycles. The molecule has 0 bridgehead atoms. The van der Waals surface area contributed by atoms with Gasteiger partial charge < -0.3 is 5.11 Å². The summed E-state index contributed by atoms with van der Waals surface area (Å²) in [5, 5.41) is 10.9. The number of amidine groups is 1. The number of aliphatic imine (C=N–C) groups is 1. The molecule has 1 aliphatic rings. The van der Waals surface area contributed by atoms with E-state index in [0.29, 0.717) is 0 Å². The van der Waals surface area contributed by atoms with Crippen molar-refractivity contribution in [2.75, 3.05) is 0 Å². The van der Waals surface area contributed by atoms with Crippen LogP contribution in [0.2, 0.25) is 0 Å². The molecule has 0 aromatic carbocycles. The molecule has 16 heavy (non-hydrogen) atoms. The predicted octanol–water partition coefficient (Wildman–Crippen LogP) is -1.85. The minimum absolute atomic E-state index is 0. The van der Waals surface area contributed by atoms with Gasteiger partial charge in [0.25, 0.3) is 5.84 Å². The molecular formula is C12H18KN2O+. The van der Waals surface area contributed by atoms with Crippen LogP contribution in [0.25, 0.3) is 0 Å². The van der Waals surface area contributed by atoms with E-state index in [-0.39, 0.29) is 63.2 Å². The third-order valence-corrected chi connectivity index (χ3v) is 1.82. The van der Waals surface area contributed by atoms with Gasteiger partial charge in [-0.2, -0.15) is 0 Å². The third-order valence-electron chi connectivity index (χ3n) is 1.82. The Hall–Kier alpha value is 0.0764. The van der Waals surface area contributed by atoms with Crippen LogP contribution in [0.4, 0.5) is 0 Å². The fourth-order valence-electron chi connectivity index (χ4n) is 1.38. The van der Waals surface area contributed by atoms with Gasteiger partial charge in [0, 0.05) is 0 Å². The van der Waals surface area contributed by atoms with Crippen molar-refractivity contribution in [3.8, 4) is 12.8 Å². The SMILES string of the molecule is C#C.CCCC1=NC(C)C=[N+]1/C=C(\C)[O-].[K+]. The van der Waals surface area contributed by atoms with Crippen molar-refractivity contribution < 1.29 is 61.1 Å². The Morgan fingerprint density at radius 1 is 1.62 bits per heavy atom. The zero-order valence-corrected chi connectivity index (χ0v) is 13.7. The minimum Gasteiger partial charge on any atom is -0.873 e. The summed E-state index contributed by atoms with van der Waals surface area (Å²) in [4.78, 5) is 4.42. The molecule has 1 rings (SSSR count). The van der Waals surface area contributed by atoms with Gasteiger partial charge in [0.1, 0.15) is 6.21 Å². The number of allylic oxidation sites excluding steroid dienone is 1. The van der Waals surface area contributed by atoms with Crippen molar-refractivity contribution in [3.05, 3.63) is 12.0 Å². The Bertz CT molecular complexity index is 312. The zero-order valence-electron chi connectivity index (χ0n) is 10.6. The molecule has 0 amide bonds. The van der Waals surface area contributed by atoms with Gasteiger partial charge in [-0.25, -0.2) is 4.58 Å². The Kier molecular flexibility index (Phi) is 11.8. The first-order valence-corrected chi connectivity index (χ1v) is 5.02. The maximum Gasteiger partial charge on any atom is 1.00 e. The predicted molar refractivity (Wildman–Crippen MR) is 61.8 cm³/mol. The van der Waals surface area contributed by atoms with Gasteiger partial charge >= 0.3 is 51.4 Å². The van der Waals surface area contributed by atoms with E-state index in [2.05, 4.69) is 24.8 Å². The minimum atomic E-state index is 0. The molecule has 1 atom stereocenters. The van der Waals surface area contributed by atoms with Crippen LogP contribution in [0.15, 0.2) is 17.0 Å². The van der Waals surface area contributed by atoms with Crippen molar-refractivity contribution in [2.45, 2.75) is 39.7 Å². The largest absolute Gasteiger partial charge is 1.00 e. The summed E-state index contributed by atoms with van der Waals surface area (Å²) in [6, 6.07) is 0.206. The molecule has 0 saturated carbocycles. The van der Waals surface area contributed by atoms with Gasteiger partial charge in [0.05, 0.1) is 12.6 Å². The molecule has 0 aromatic heterocycles.